The molecule has 1 unspecified atom stereocenters. The molecule has 2 nitrogen and oxygen atoms in total. The van der Waals surface area contributed by atoms with Crippen molar-refractivity contribution >= 4 is 11.6 Å². The summed E-state index contributed by atoms with van der Waals surface area (Å²) in [5.74, 6) is 0.280. The predicted molar refractivity (Wildman–Crippen MR) is 54.9 cm³/mol. The average Bonchev–Trinajstić information content (AvgIpc) is 2.19. The molecule has 1 aromatic carbocycles. The molecule has 0 aliphatic carbocycles. The first-order valence-corrected chi connectivity index (χ1v) is 4.85. The van der Waals surface area contributed by atoms with Crippen molar-refractivity contribution in [1.82, 2.24) is 5.32 Å². The van der Waals surface area contributed by atoms with Gasteiger partial charge in [-0.1, -0.05) is 30.3 Å². The molecule has 0 saturated heterocycles. The van der Waals surface area contributed by atoms with Crippen LogP contribution in [0.3, 0.4) is 0 Å². The Hall–Kier alpha value is -0.570. The van der Waals surface area contributed by atoms with E-state index in [1.165, 1.54) is 5.56 Å². The van der Waals surface area contributed by atoms with Gasteiger partial charge in [0.2, 0.25) is 0 Å². The van der Waals surface area contributed by atoms with E-state index in [-0.39, 0.29) is 5.88 Å². The van der Waals surface area contributed by atoms with Gasteiger partial charge in [0.25, 0.3) is 0 Å². The highest BCUT2D eigenvalue weighted by atomic mass is 35.5. The minimum Gasteiger partial charge on any atom is -0.391 e. The van der Waals surface area contributed by atoms with Crippen LogP contribution >= 0.6 is 11.6 Å². The Balaban J connectivity index is 2.20. The van der Waals surface area contributed by atoms with Crippen molar-refractivity contribution in [2.45, 2.75) is 12.6 Å². The van der Waals surface area contributed by atoms with Crippen LogP contribution in [0.25, 0.3) is 0 Å². The van der Waals surface area contributed by atoms with Crippen LogP contribution in [0, 0.1) is 0 Å². The molecule has 2 N–H and O–H groups in total. The van der Waals surface area contributed by atoms with Crippen LogP contribution in [-0.2, 0) is 6.54 Å². The fraction of sp³-hybridized carbons (Fsp3) is 0.400. The number of aliphatic hydroxyl groups is 1. The standard InChI is InChI=1S/C10H14ClNO/c11-6-10(13)8-12-7-9-4-2-1-3-5-9/h1-5,10,12-13H,6-8H2. The van der Waals surface area contributed by atoms with Crippen molar-refractivity contribution < 1.29 is 5.11 Å². The molecule has 0 saturated carbocycles. The molecule has 1 rings (SSSR count). The van der Waals surface area contributed by atoms with Crippen LogP contribution in [0.15, 0.2) is 30.3 Å². The quantitative estimate of drug-likeness (QED) is 0.703. The molecule has 3 heteroatoms. The molecular formula is C10H14ClNO. The van der Waals surface area contributed by atoms with E-state index < -0.39 is 6.10 Å². The molecule has 13 heavy (non-hydrogen) atoms. The van der Waals surface area contributed by atoms with Gasteiger partial charge in [-0.25, -0.2) is 0 Å². The Morgan fingerprint density at radius 1 is 1.31 bits per heavy atom. The van der Waals surface area contributed by atoms with Gasteiger partial charge in [0.05, 0.1) is 6.10 Å². The zero-order chi connectivity index (χ0) is 9.52. The SMILES string of the molecule is OC(CCl)CNCc1ccccc1. The monoisotopic (exact) mass is 199 g/mol. The highest BCUT2D eigenvalue weighted by Gasteiger charge is 1.99. The molecule has 0 aliphatic rings. The maximum atomic E-state index is 9.14. The van der Waals surface area contributed by atoms with E-state index in [1.807, 2.05) is 30.3 Å². The lowest BCUT2D eigenvalue weighted by molar-refractivity contribution is 0.194. The van der Waals surface area contributed by atoms with Crippen LogP contribution < -0.4 is 5.32 Å². The van der Waals surface area contributed by atoms with Crippen LogP contribution in [0.4, 0.5) is 0 Å². The number of benzene rings is 1. The van der Waals surface area contributed by atoms with Gasteiger partial charge in [-0.2, -0.15) is 0 Å². The molecule has 0 fully saturated rings. The number of nitrogens with one attached hydrogen (secondary N) is 1. The van der Waals surface area contributed by atoms with Gasteiger partial charge in [-0.05, 0) is 5.56 Å². The highest BCUT2D eigenvalue weighted by molar-refractivity contribution is 6.18. The third-order valence-electron chi connectivity index (χ3n) is 1.73. The summed E-state index contributed by atoms with van der Waals surface area (Å²) in [6.45, 7) is 1.31. The minimum absolute atomic E-state index is 0.280. The Kier molecular flexibility index (Phi) is 4.83. The van der Waals surface area contributed by atoms with Gasteiger partial charge in [0, 0.05) is 19.0 Å². The number of hydrogen-bond donors (Lipinski definition) is 2. The summed E-state index contributed by atoms with van der Waals surface area (Å²) in [6, 6.07) is 10.1. The molecular weight excluding hydrogens is 186 g/mol. The summed E-state index contributed by atoms with van der Waals surface area (Å²) in [5, 5.41) is 12.3. The summed E-state index contributed by atoms with van der Waals surface area (Å²) in [4.78, 5) is 0. The fourth-order valence-corrected chi connectivity index (χ4v) is 1.14. The zero-order valence-electron chi connectivity index (χ0n) is 7.41. The molecule has 0 radical (unpaired) electrons. The fourth-order valence-electron chi connectivity index (χ4n) is 1.03. The van der Waals surface area contributed by atoms with Crippen molar-refractivity contribution in [3.63, 3.8) is 0 Å². The molecule has 0 spiro atoms. The molecule has 0 aliphatic heterocycles. The predicted octanol–water partition coefficient (Wildman–Crippen LogP) is 1.38. The second kappa shape index (κ2) is 5.97. The number of halogens is 1. The van der Waals surface area contributed by atoms with Gasteiger partial charge < -0.3 is 10.4 Å². The first-order chi connectivity index (χ1) is 6.33. The summed E-state index contributed by atoms with van der Waals surface area (Å²) in [7, 11) is 0. The number of rotatable bonds is 5. The summed E-state index contributed by atoms with van der Waals surface area (Å²) < 4.78 is 0. The lowest BCUT2D eigenvalue weighted by atomic mass is 10.2. The summed E-state index contributed by atoms with van der Waals surface area (Å²) in [5.41, 5.74) is 1.21. The third-order valence-corrected chi connectivity index (χ3v) is 2.09. The minimum atomic E-state index is -0.453. The topological polar surface area (TPSA) is 32.3 Å². The number of aliphatic hydroxyl groups excluding tert-OH is 1. The lowest BCUT2D eigenvalue weighted by Gasteiger charge is -2.08. The van der Waals surface area contributed by atoms with E-state index in [2.05, 4.69) is 5.32 Å². The molecule has 1 aromatic rings. The van der Waals surface area contributed by atoms with Crippen LogP contribution in [0.5, 0.6) is 0 Å². The van der Waals surface area contributed by atoms with Crippen molar-refractivity contribution in [1.29, 1.82) is 0 Å². The molecule has 0 aromatic heterocycles. The maximum absolute atomic E-state index is 9.14. The van der Waals surface area contributed by atoms with E-state index in [9.17, 15) is 0 Å². The van der Waals surface area contributed by atoms with Crippen LogP contribution in [0.2, 0.25) is 0 Å². The van der Waals surface area contributed by atoms with Crippen molar-refractivity contribution in [3.05, 3.63) is 35.9 Å². The van der Waals surface area contributed by atoms with Crippen molar-refractivity contribution in [2.75, 3.05) is 12.4 Å². The second-order valence-corrected chi connectivity index (χ2v) is 3.23. The van der Waals surface area contributed by atoms with Gasteiger partial charge in [0.1, 0.15) is 0 Å². The van der Waals surface area contributed by atoms with E-state index in [0.29, 0.717) is 6.54 Å². The first-order valence-electron chi connectivity index (χ1n) is 4.31. The largest absolute Gasteiger partial charge is 0.391 e. The second-order valence-electron chi connectivity index (χ2n) is 2.92. The van der Waals surface area contributed by atoms with Gasteiger partial charge >= 0.3 is 0 Å². The zero-order valence-corrected chi connectivity index (χ0v) is 8.17. The van der Waals surface area contributed by atoms with E-state index >= 15 is 0 Å². The molecule has 0 amide bonds. The molecule has 0 bridgehead atoms. The molecule has 72 valence electrons. The van der Waals surface area contributed by atoms with Crippen LogP contribution in [-0.4, -0.2) is 23.6 Å². The van der Waals surface area contributed by atoms with Gasteiger partial charge in [0.15, 0.2) is 0 Å². The average molecular weight is 200 g/mol. The molecule has 1 atom stereocenters. The van der Waals surface area contributed by atoms with E-state index in [4.69, 9.17) is 16.7 Å². The summed E-state index contributed by atoms with van der Waals surface area (Å²) in [6.07, 6.45) is -0.453. The Bertz CT molecular complexity index is 228. The highest BCUT2D eigenvalue weighted by Crippen LogP contribution is 1.97. The Morgan fingerprint density at radius 3 is 2.62 bits per heavy atom. The van der Waals surface area contributed by atoms with Gasteiger partial charge in [-0.15, -0.1) is 11.6 Å². The van der Waals surface area contributed by atoms with E-state index in [1.54, 1.807) is 0 Å². The van der Waals surface area contributed by atoms with Crippen molar-refractivity contribution in [2.24, 2.45) is 0 Å². The lowest BCUT2D eigenvalue weighted by Crippen LogP contribution is -2.27. The Morgan fingerprint density at radius 2 is 2.00 bits per heavy atom. The molecule has 0 heterocycles. The maximum Gasteiger partial charge on any atom is 0.0799 e. The third kappa shape index (κ3) is 4.27. The smallest absolute Gasteiger partial charge is 0.0799 e. The normalized spacial score (nSPS) is 12.8. The Labute approximate surface area is 83.5 Å². The van der Waals surface area contributed by atoms with Crippen molar-refractivity contribution in [3.8, 4) is 0 Å². The van der Waals surface area contributed by atoms with E-state index in [0.717, 1.165) is 6.54 Å². The van der Waals surface area contributed by atoms with Gasteiger partial charge in [-0.3, -0.25) is 0 Å². The number of hydrogen-bond acceptors (Lipinski definition) is 2. The summed E-state index contributed by atoms with van der Waals surface area (Å²) >= 11 is 5.44. The first kappa shape index (κ1) is 10.5. The van der Waals surface area contributed by atoms with Crippen LogP contribution in [0.1, 0.15) is 5.56 Å². The number of alkyl halides is 1.